The van der Waals surface area contributed by atoms with Crippen LogP contribution in [0.15, 0.2) is 0 Å². The second kappa shape index (κ2) is 6.05. The monoisotopic (exact) mass is 252 g/mol. The van der Waals surface area contributed by atoms with Gasteiger partial charge in [-0.15, -0.1) is 0 Å². The number of rotatable bonds is 6. The number of carbonyl (C=O) groups excluding carboxylic acids is 1. The topological polar surface area (TPSA) is 32.3 Å². The zero-order chi connectivity index (χ0) is 13.0. The third-order valence-corrected chi connectivity index (χ3v) is 4.39. The quantitative estimate of drug-likeness (QED) is 0.787. The molecule has 1 saturated carbocycles. The molecule has 1 unspecified atom stereocenters. The average molecular weight is 252 g/mol. The Morgan fingerprint density at radius 3 is 2.89 bits per heavy atom. The lowest BCUT2D eigenvalue weighted by molar-refractivity contribution is -0.133. The summed E-state index contributed by atoms with van der Waals surface area (Å²) in [6.45, 7) is 8.08. The number of amides is 1. The van der Waals surface area contributed by atoms with Gasteiger partial charge in [-0.25, -0.2) is 0 Å². The van der Waals surface area contributed by atoms with E-state index in [4.69, 9.17) is 0 Å². The van der Waals surface area contributed by atoms with E-state index >= 15 is 0 Å². The molecule has 0 aromatic rings. The van der Waals surface area contributed by atoms with Crippen LogP contribution >= 0.6 is 0 Å². The summed E-state index contributed by atoms with van der Waals surface area (Å²) in [4.78, 5) is 14.2. The Hall–Kier alpha value is -0.570. The van der Waals surface area contributed by atoms with Crippen molar-refractivity contribution in [2.24, 2.45) is 11.3 Å². The minimum absolute atomic E-state index is 0.303. The highest BCUT2D eigenvalue weighted by Gasteiger charge is 2.32. The largest absolute Gasteiger partial charge is 0.341 e. The molecule has 1 amide bonds. The molecule has 0 aromatic carbocycles. The number of nitrogens with zero attached hydrogens (tertiary/aromatic N) is 1. The lowest BCUT2D eigenvalue weighted by Crippen LogP contribution is -2.47. The minimum atomic E-state index is 0.303. The number of likely N-dealkylation sites (tertiary alicyclic amines) is 1. The van der Waals surface area contributed by atoms with Crippen LogP contribution in [0.3, 0.4) is 0 Å². The molecule has 1 atom stereocenters. The van der Waals surface area contributed by atoms with E-state index < -0.39 is 0 Å². The van der Waals surface area contributed by atoms with Gasteiger partial charge in [0, 0.05) is 13.1 Å². The smallest absolute Gasteiger partial charge is 0.236 e. The lowest BCUT2D eigenvalue weighted by atomic mass is 9.78. The van der Waals surface area contributed by atoms with Crippen LogP contribution in [0.1, 0.15) is 52.4 Å². The van der Waals surface area contributed by atoms with Gasteiger partial charge in [0.1, 0.15) is 0 Å². The number of hydrogen-bond donors (Lipinski definition) is 1. The van der Waals surface area contributed by atoms with Crippen LogP contribution in [0, 0.1) is 11.3 Å². The van der Waals surface area contributed by atoms with Gasteiger partial charge >= 0.3 is 0 Å². The van der Waals surface area contributed by atoms with Crippen molar-refractivity contribution < 1.29 is 4.79 Å². The maximum absolute atomic E-state index is 12.2. The molecule has 1 aliphatic carbocycles. The van der Waals surface area contributed by atoms with Crippen molar-refractivity contribution in [1.82, 2.24) is 10.2 Å². The fourth-order valence-electron chi connectivity index (χ4n) is 3.15. The molecule has 104 valence electrons. The van der Waals surface area contributed by atoms with Crippen molar-refractivity contribution in [1.29, 1.82) is 0 Å². The fourth-order valence-corrected chi connectivity index (χ4v) is 3.15. The normalized spacial score (nSPS) is 28.4. The van der Waals surface area contributed by atoms with Crippen molar-refractivity contribution >= 4 is 5.91 Å². The molecule has 18 heavy (non-hydrogen) atoms. The average Bonchev–Trinajstić information content (AvgIpc) is 3.13. The molecule has 3 nitrogen and oxygen atoms in total. The van der Waals surface area contributed by atoms with E-state index in [0.29, 0.717) is 17.9 Å². The molecule has 0 bridgehead atoms. The summed E-state index contributed by atoms with van der Waals surface area (Å²) < 4.78 is 0. The summed E-state index contributed by atoms with van der Waals surface area (Å²) in [5.41, 5.74) is 0.360. The Morgan fingerprint density at radius 1 is 1.44 bits per heavy atom. The molecule has 2 fully saturated rings. The maximum Gasteiger partial charge on any atom is 0.236 e. The van der Waals surface area contributed by atoms with Gasteiger partial charge < -0.3 is 10.2 Å². The lowest BCUT2D eigenvalue weighted by Gasteiger charge is -2.40. The van der Waals surface area contributed by atoms with Crippen molar-refractivity contribution in [3.63, 3.8) is 0 Å². The van der Waals surface area contributed by atoms with Crippen LogP contribution in [-0.4, -0.2) is 37.0 Å². The van der Waals surface area contributed by atoms with Crippen molar-refractivity contribution in [3.05, 3.63) is 0 Å². The Kier molecular flexibility index (Phi) is 4.66. The molecule has 0 aromatic heterocycles. The van der Waals surface area contributed by atoms with Gasteiger partial charge in [-0.3, -0.25) is 4.79 Å². The first-order chi connectivity index (χ1) is 8.63. The molecule has 2 aliphatic rings. The second-order valence-electron chi connectivity index (χ2n) is 6.55. The van der Waals surface area contributed by atoms with Crippen molar-refractivity contribution in [3.8, 4) is 0 Å². The maximum atomic E-state index is 12.2. The highest BCUT2D eigenvalue weighted by molar-refractivity contribution is 5.78. The molecule has 1 heterocycles. The zero-order valence-corrected chi connectivity index (χ0v) is 12.0. The van der Waals surface area contributed by atoms with Crippen molar-refractivity contribution in [2.45, 2.75) is 52.4 Å². The van der Waals surface area contributed by atoms with E-state index in [1.807, 2.05) is 0 Å². The summed E-state index contributed by atoms with van der Waals surface area (Å²) in [5, 5.41) is 3.31. The number of carbonyl (C=O) groups is 1. The molecule has 0 spiro atoms. The molecule has 1 N–H and O–H groups in total. The van der Waals surface area contributed by atoms with Crippen molar-refractivity contribution in [2.75, 3.05) is 26.2 Å². The van der Waals surface area contributed by atoms with Gasteiger partial charge in [-0.2, -0.15) is 0 Å². The van der Waals surface area contributed by atoms with Crippen LogP contribution in [0.2, 0.25) is 0 Å². The third-order valence-electron chi connectivity index (χ3n) is 4.39. The number of nitrogens with one attached hydrogen (secondary N) is 1. The van der Waals surface area contributed by atoms with Gasteiger partial charge in [0.05, 0.1) is 6.54 Å². The SMILES string of the molecule is CCCC1(C)CCCN(C(=O)CNCC2CC2)C1. The molecular weight excluding hydrogens is 224 g/mol. The van der Waals surface area contributed by atoms with Crippen LogP contribution in [0.4, 0.5) is 0 Å². The van der Waals surface area contributed by atoms with Gasteiger partial charge in [0.15, 0.2) is 0 Å². The fraction of sp³-hybridized carbons (Fsp3) is 0.933. The van der Waals surface area contributed by atoms with E-state index in [0.717, 1.165) is 25.6 Å². The first-order valence-electron chi connectivity index (χ1n) is 7.61. The van der Waals surface area contributed by atoms with Gasteiger partial charge in [-0.1, -0.05) is 20.3 Å². The summed E-state index contributed by atoms with van der Waals surface area (Å²) in [6, 6.07) is 0. The Bertz CT molecular complexity index is 284. The molecule has 3 heteroatoms. The predicted molar refractivity (Wildman–Crippen MR) is 74.4 cm³/mol. The van der Waals surface area contributed by atoms with E-state index in [1.54, 1.807) is 0 Å². The summed E-state index contributed by atoms with van der Waals surface area (Å²) in [7, 11) is 0. The first kappa shape index (κ1) is 13.9. The summed E-state index contributed by atoms with van der Waals surface area (Å²) in [6.07, 6.45) is 7.61. The molecule has 1 aliphatic heterocycles. The highest BCUT2D eigenvalue weighted by atomic mass is 16.2. The van der Waals surface area contributed by atoms with Gasteiger partial charge in [0.2, 0.25) is 5.91 Å². The van der Waals surface area contributed by atoms with E-state index in [2.05, 4.69) is 24.1 Å². The summed E-state index contributed by atoms with van der Waals surface area (Å²) in [5.74, 6) is 1.15. The Morgan fingerprint density at radius 2 is 2.22 bits per heavy atom. The number of hydrogen-bond acceptors (Lipinski definition) is 2. The van der Waals surface area contributed by atoms with Gasteiger partial charge in [0.25, 0.3) is 0 Å². The second-order valence-corrected chi connectivity index (χ2v) is 6.55. The van der Waals surface area contributed by atoms with Crippen LogP contribution < -0.4 is 5.32 Å². The minimum Gasteiger partial charge on any atom is -0.341 e. The zero-order valence-electron chi connectivity index (χ0n) is 12.0. The highest BCUT2D eigenvalue weighted by Crippen LogP contribution is 2.33. The first-order valence-corrected chi connectivity index (χ1v) is 7.61. The van der Waals surface area contributed by atoms with E-state index in [1.165, 1.54) is 38.5 Å². The summed E-state index contributed by atoms with van der Waals surface area (Å²) >= 11 is 0. The molecule has 2 rings (SSSR count). The molecule has 1 saturated heterocycles. The number of piperidine rings is 1. The standard InChI is InChI=1S/C15H28N2O/c1-3-7-15(2)8-4-9-17(12-15)14(18)11-16-10-13-5-6-13/h13,16H,3-12H2,1-2H3. The third kappa shape index (κ3) is 3.98. The molecular formula is C15H28N2O. The van der Waals surface area contributed by atoms with Crippen LogP contribution in [0.5, 0.6) is 0 Å². The van der Waals surface area contributed by atoms with Crippen LogP contribution in [-0.2, 0) is 4.79 Å². The van der Waals surface area contributed by atoms with Gasteiger partial charge in [-0.05, 0) is 50.0 Å². The van der Waals surface area contributed by atoms with E-state index in [-0.39, 0.29) is 0 Å². The predicted octanol–water partition coefficient (Wildman–Crippen LogP) is 2.41. The Labute approximate surface area is 111 Å². The van der Waals surface area contributed by atoms with Crippen LogP contribution in [0.25, 0.3) is 0 Å². The Balaban J connectivity index is 1.74. The van der Waals surface area contributed by atoms with E-state index in [9.17, 15) is 4.79 Å². The molecule has 0 radical (unpaired) electrons.